The third-order valence-corrected chi connectivity index (χ3v) is 1.71. The van der Waals surface area contributed by atoms with Crippen LogP contribution in [0.25, 0.3) is 0 Å². The van der Waals surface area contributed by atoms with Crippen molar-refractivity contribution in [2.24, 2.45) is 0 Å². The highest BCUT2D eigenvalue weighted by Crippen LogP contribution is 2.11. The first kappa shape index (κ1) is 11.4. The molecule has 0 amide bonds. The fourth-order valence-corrected chi connectivity index (χ4v) is 0.575. The highest BCUT2D eigenvalue weighted by molar-refractivity contribution is 5.13. The van der Waals surface area contributed by atoms with Crippen molar-refractivity contribution in [3.63, 3.8) is 0 Å². The molecule has 0 aliphatic rings. The third kappa shape index (κ3) is 4.31. The second-order valence-electron chi connectivity index (χ2n) is 3.50. The Morgan fingerprint density at radius 1 is 1.42 bits per heavy atom. The molecule has 70 valence electrons. The van der Waals surface area contributed by atoms with Crippen molar-refractivity contribution < 1.29 is 10.2 Å². The van der Waals surface area contributed by atoms with E-state index in [2.05, 4.69) is 0 Å². The van der Waals surface area contributed by atoms with Gasteiger partial charge in [-0.25, -0.2) is 0 Å². The molecule has 0 aromatic heterocycles. The first-order valence-electron chi connectivity index (χ1n) is 4.09. The van der Waals surface area contributed by atoms with Crippen molar-refractivity contribution in [3.8, 4) is 0 Å². The van der Waals surface area contributed by atoms with Gasteiger partial charge in [-0.1, -0.05) is 23.8 Å². The Labute approximate surface area is 74.2 Å². The van der Waals surface area contributed by atoms with Gasteiger partial charge in [0.15, 0.2) is 0 Å². The maximum Gasteiger partial charge on any atom is 0.106 e. The predicted molar refractivity (Wildman–Crippen MR) is 50.9 cm³/mol. The van der Waals surface area contributed by atoms with Crippen molar-refractivity contribution in [1.29, 1.82) is 0 Å². The topological polar surface area (TPSA) is 40.5 Å². The standard InChI is InChI=1S/C10H18O2/c1-8(2)6-5-7-10(4,12)9(3)11/h5-7,9,11-12H,1-4H3/b7-5+. The van der Waals surface area contributed by atoms with E-state index in [0.29, 0.717) is 0 Å². The number of aliphatic hydroxyl groups is 2. The lowest BCUT2D eigenvalue weighted by molar-refractivity contribution is -0.0152. The van der Waals surface area contributed by atoms with Crippen LogP contribution in [0.1, 0.15) is 27.7 Å². The smallest absolute Gasteiger partial charge is 0.106 e. The molecule has 0 spiro atoms. The van der Waals surface area contributed by atoms with Gasteiger partial charge in [0, 0.05) is 0 Å². The molecule has 0 rings (SSSR count). The quantitative estimate of drug-likeness (QED) is 0.632. The molecule has 2 atom stereocenters. The van der Waals surface area contributed by atoms with E-state index in [9.17, 15) is 5.11 Å². The molecule has 0 saturated carbocycles. The molecule has 0 saturated heterocycles. The predicted octanol–water partition coefficient (Wildman–Crippen LogP) is 1.64. The number of hydrogen-bond acceptors (Lipinski definition) is 2. The van der Waals surface area contributed by atoms with E-state index < -0.39 is 11.7 Å². The van der Waals surface area contributed by atoms with Crippen molar-refractivity contribution >= 4 is 0 Å². The Morgan fingerprint density at radius 3 is 2.25 bits per heavy atom. The number of rotatable bonds is 3. The summed E-state index contributed by atoms with van der Waals surface area (Å²) in [6.07, 6.45) is 4.48. The monoisotopic (exact) mass is 170 g/mol. The lowest BCUT2D eigenvalue weighted by Crippen LogP contribution is -2.34. The zero-order valence-corrected chi connectivity index (χ0v) is 8.20. The van der Waals surface area contributed by atoms with Gasteiger partial charge in [0.25, 0.3) is 0 Å². The van der Waals surface area contributed by atoms with Crippen LogP contribution in [0.4, 0.5) is 0 Å². The van der Waals surface area contributed by atoms with Crippen LogP contribution in [-0.4, -0.2) is 21.9 Å². The van der Waals surface area contributed by atoms with Gasteiger partial charge in [0.1, 0.15) is 5.60 Å². The molecule has 2 nitrogen and oxygen atoms in total. The fourth-order valence-electron chi connectivity index (χ4n) is 0.575. The van der Waals surface area contributed by atoms with Crippen LogP contribution in [0, 0.1) is 0 Å². The molecule has 0 aliphatic carbocycles. The molecule has 0 aromatic rings. The fraction of sp³-hybridized carbons (Fsp3) is 0.600. The summed E-state index contributed by atoms with van der Waals surface area (Å²) in [5, 5.41) is 18.7. The van der Waals surface area contributed by atoms with Crippen LogP contribution in [0.3, 0.4) is 0 Å². The van der Waals surface area contributed by atoms with Gasteiger partial charge in [-0.2, -0.15) is 0 Å². The third-order valence-electron chi connectivity index (χ3n) is 1.71. The molecule has 0 radical (unpaired) electrons. The molecule has 2 unspecified atom stereocenters. The summed E-state index contributed by atoms with van der Waals surface area (Å²) >= 11 is 0. The SMILES string of the molecule is CC(C)=C/C=C/C(C)(O)C(C)O. The minimum atomic E-state index is -1.13. The van der Waals surface area contributed by atoms with Gasteiger partial charge in [-0.05, 0) is 27.7 Å². The molecular formula is C10H18O2. The van der Waals surface area contributed by atoms with Crippen LogP contribution in [0.5, 0.6) is 0 Å². The van der Waals surface area contributed by atoms with E-state index in [1.807, 2.05) is 19.9 Å². The molecule has 0 bridgehead atoms. The highest BCUT2D eigenvalue weighted by atomic mass is 16.3. The number of aliphatic hydroxyl groups excluding tert-OH is 1. The summed E-state index contributed by atoms with van der Waals surface area (Å²) in [5.41, 5.74) is 0.0269. The van der Waals surface area contributed by atoms with Gasteiger partial charge < -0.3 is 10.2 Å². The molecule has 2 N–H and O–H groups in total. The summed E-state index contributed by atoms with van der Waals surface area (Å²) in [6.45, 7) is 7.09. The van der Waals surface area contributed by atoms with Crippen molar-refractivity contribution in [2.75, 3.05) is 0 Å². The van der Waals surface area contributed by atoms with Crippen LogP contribution in [0.15, 0.2) is 23.8 Å². The Hall–Kier alpha value is -0.600. The summed E-state index contributed by atoms with van der Waals surface area (Å²) in [4.78, 5) is 0. The lowest BCUT2D eigenvalue weighted by atomic mass is 10.00. The zero-order valence-electron chi connectivity index (χ0n) is 8.20. The van der Waals surface area contributed by atoms with Gasteiger partial charge in [-0.15, -0.1) is 0 Å². The zero-order chi connectivity index (χ0) is 9.78. The first-order chi connectivity index (χ1) is 5.36. The number of allylic oxidation sites excluding steroid dienone is 3. The van der Waals surface area contributed by atoms with Crippen LogP contribution in [-0.2, 0) is 0 Å². The Kier molecular flexibility index (Phi) is 4.21. The van der Waals surface area contributed by atoms with Crippen LogP contribution >= 0.6 is 0 Å². The molecular weight excluding hydrogens is 152 g/mol. The Balaban J connectivity index is 4.24. The average Bonchev–Trinajstić information content (AvgIpc) is 1.85. The van der Waals surface area contributed by atoms with Gasteiger partial charge >= 0.3 is 0 Å². The van der Waals surface area contributed by atoms with Gasteiger partial charge in [0.05, 0.1) is 6.10 Å². The van der Waals surface area contributed by atoms with Crippen LogP contribution in [0.2, 0.25) is 0 Å². The average molecular weight is 170 g/mol. The summed E-state index contributed by atoms with van der Waals surface area (Å²) in [7, 11) is 0. The maximum absolute atomic E-state index is 9.54. The molecule has 0 fully saturated rings. The molecule has 0 aliphatic heterocycles. The molecule has 12 heavy (non-hydrogen) atoms. The summed E-state index contributed by atoms with van der Waals surface area (Å²) < 4.78 is 0. The summed E-state index contributed by atoms with van der Waals surface area (Å²) in [6, 6.07) is 0. The van der Waals surface area contributed by atoms with E-state index in [1.165, 1.54) is 0 Å². The largest absolute Gasteiger partial charge is 0.390 e. The minimum absolute atomic E-state index is 0.751. The van der Waals surface area contributed by atoms with E-state index in [0.717, 1.165) is 5.57 Å². The van der Waals surface area contributed by atoms with Crippen LogP contribution < -0.4 is 0 Å². The summed E-state index contributed by atoms with van der Waals surface area (Å²) in [5.74, 6) is 0. The van der Waals surface area contributed by atoms with E-state index in [1.54, 1.807) is 26.0 Å². The van der Waals surface area contributed by atoms with Crippen molar-refractivity contribution in [1.82, 2.24) is 0 Å². The van der Waals surface area contributed by atoms with Gasteiger partial charge in [-0.3, -0.25) is 0 Å². The van der Waals surface area contributed by atoms with E-state index in [-0.39, 0.29) is 0 Å². The molecule has 0 aromatic carbocycles. The molecule has 2 heteroatoms. The Bertz CT molecular complexity index is 184. The molecule has 0 heterocycles. The second kappa shape index (κ2) is 4.43. The second-order valence-corrected chi connectivity index (χ2v) is 3.50. The van der Waals surface area contributed by atoms with E-state index >= 15 is 0 Å². The lowest BCUT2D eigenvalue weighted by Gasteiger charge is -2.21. The maximum atomic E-state index is 9.54. The minimum Gasteiger partial charge on any atom is -0.390 e. The van der Waals surface area contributed by atoms with Crippen molar-refractivity contribution in [3.05, 3.63) is 23.8 Å². The van der Waals surface area contributed by atoms with Gasteiger partial charge in [0.2, 0.25) is 0 Å². The van der Waals surface area contributed by atoms with E-state index in [4.69, 9.17) is 5.11 Å². The van der Waals surface area contributed by atoms with Crippen molar-refractivity contribution in [2.45, 2.75) is 39.4 Å². The first-order valence-corrected chi connectivity index (χ1v) is 4.09. The number of hydrogen-bond donors (Lipinski definition) is 2. The highest BCUT2D eigenvalue weighted by Gasteiger charge is 2.22. The normalized spacial score (nSPS) is 18.8. The Morgan fingerprint density at radius 2 is 1.92 bits per heavy atom.